The molecule has 2 aromatic rings. The molecule has 1 aromatic heterocycles. The van der Waals surface area contributed by atoms with E-state index < -0.39 is 0 Å². The summed E-state index contributed by atoms with van der Waals surface area (Å²) in [6.45, 7) is 0. The van der Waals surface area contributed by atoms with E-state index in [-0.39, 0.29) is 5.84 Å². The Kier molecular flexibility index (Phi) is 2.37. The van der Waals surface area contributed by atoms with Gasteiger partial charge in [-0.3, -0.25) is 0 Å². The molecule has 0 radical (unpaired) electrons. The van der Waals surface area contributed by atoms with Gasteiger partial charge in [-0.2, -0.15) is 0 Å². The highest BCUT2D eigenvalue weighted by atomic mass is 16.4. The van der Waals surface area contributed by atoms with Gasteiger partial charge in [-0.15, -0.1) is 0 Å². The van der Waals surface area contributed by atoms with E-state index in [0.717, 1.165) is 5.69 Å². The predicted molar refractivity (Wildman–Crippen MR) is 56.1 cm³/mol. The van der Waals surface area contributed by atoms with Crippen molar-refractivity contribution in [2.24, 2.45) is 10.9 Å². The lowest BCUT2D eigenvalue weighted by Crippen LogP contribution is -2.12. The standard InChI is InChI=1S/C10H10N4O/c11-10(13-15)8-1-3-9(4-2-8)14-6-5-12-7-14/h1-7,15H,(H2,11,13). The van der Waals surface area contributed by atoms with Gasteiger partial charge in [0.25, 0.3) is 0 Å². The molecule has 0 unspecified atom stereocenters. The molecule has 76 valence electrons. The van der Waals surface area contributed by atoms with Crippen molar-refractivity contribution >= 4 is 5.84 Å². The van der Waals surface area contributed by atoms with Crippen molar-refractivity contribution in [3.05, 3.63) is 48.5 Å². The van der Waals surface area contributed by atoms with Gasteiger partial charge in [-0.25, -0.2) is 4.98 Å². The molecular weight excluding hydrogens is 192 g/mol. The number of nitrogens with two attached hydrogens (primary N) is 1. The number of oxime groups is 1. The van der Waals surface area contributed by atoms with Crippen LogP contribution in [0.5, 0.6) is 0 Å². The average molecular weight is 202 g/mol. The molecule has 15 heavy (non-hydrogen) atoms. The summed E-state index contributed by atoms with van der Waals surface area (Å²) in [5.74, 6) is 0.104. The van der Waals surface area contributed by atoms with Crippen molar-refractivity contribution in [1.29, 1.82) is 0 Å². The van der Waals surface area contributed by atoms with Gasteiger partial charge in [0.2, 0.25) is 0 Å². The van der Waals surface area contributed by atoms with E-state index in [2.05, 4.69) is 10.1 Å². The van der Waals surface area contributed by atoms with Crippen LogP contribution < -0.4 is 5.73 Å². The highest BCUT2D eigenvalue weighted by Crippen LogP contribution is 2.08. The number of hydrogen-bond acceptors (Lipinski definition) is 3. The van der Waals surface area contributed by atoms with Crippen molar-refractivity contribution in [3.63, 3.8) is 0 Å². The SMILES string of the molecule is N/C(=N\O)c1ccc(-n2ccnc2)cc1. The number of aromatic nitrogens is 2. The first-order valence-corrected chi connectivity index (χ1v) is 4.37. The van der Waals surface area contributed by atoms with E-state index in [4.69, 9.17) is 10.9 Å². The molecule has 0 spiro atoms. The third kappa shape index (κ3) is 1.80. The maximum Gasteiger partial charge on any atom is 0.170 e. The average Bonchev–Trinajstić information content (AvgIpc) is 2.82. The molecule has 2 rings (SSSR count). The predicted octanol–water partition coefficient (Wildman–Crippen LogP) is 0.967. The molecule has 0 atom stereocenters. The second kappa shape index (κ2) is 3.83. The number of imidazole rings is 1. The van der Waals surface area contributed by atoms with Gasteiger partial charge in [0.05, 0.1) is 6.33 Å². The van der Waals surface area contributed by atoms with E-state index >= 15 is 0 Å². The number of hydrogen-bond donors (Lipinski definition) is 2. The molecule has 5 nitrogen and oxygen atoms in total. The summed E-state index contributed by atoms with van der Waals surface area (Å²) in [5, 5.41) is 11.4. The Labute approximate surface area is 86.5 Å². The number of benzene rings is 1. The Balaban J connectivity index is 2.33. The van der Waals surface area contributed by atoms with Gasteiger partial charge in [0, 0.05) is 23.6 Å². The van der Waals surface area contributed by atoms with Crippen molar-refractivity contribution in [1.82, 2.24) is 9.55 Å². The second-order valence-electron chi connectivity index (χ2n) is 3.00. The fraction of sp³-hybridized carbons (Fsp3) is 0. The van der Waals surface area contributed by atoms with Gasteiger partial charge >= 0.3 is 0 Å². The molecule has 0 aliphatic heterocycles. The number of rotatable bonds is 2. The zero-order valence-electron chi connectivity index (χ0n) is 7.91. The zero-order valence-corrected chi connectivity index (χ0v) is 7.91. The number of nitrogens with zero attached hydrogens (tertiary/aromatic N) is 3. The van der Waals surface area contributed by atoms with E-state index in [0.29, 0.717) is 5.56 Å². The smallest absolute Gasteiger partial charge is 0.170 e. The lowest BCUT2D eigenvalue weighted by Gasteiger charge is -2.03. The second-order valence-corrected chi connectivity index (χ2v) is 3.00. The van der Waals surface area contributed by atoms with Crippen LogP contribution in [0.25, 0.3) is 5.69 Å². The summed E-state index contributed by atoms with van der Waals surface area (Å²) in [5.41, 5.74) is 7.10. The van der Waals surface area contributed by atoms with Crippen molar-refractivity contribution in [2.45, 2.75) is 0 Å². The molecule has 0 aliphatic rings. The molecule has 5 heteroatoms. The molecule has 0 fully saturated rings. The summed E-state index contributed by atoms with van der Waals surface area (Å²) in [6, 6.07) is 7.30. The van der Waals surface area contributed by atoms with Crippen LogP contribution in [0.15, 0.2) is 48.1 Å². The molecular formula is C10H10N4O. The third-order valence-corrected chi connectivity index (χ3v) is 2.07. The molecule has 0 saturated carbocycles. The van der Waals surface area contributed by atoms with Crippen molar-refractivity contribution in [3.8, 4) is 5.69 Å². The van der Waals surface area contributed by atoms with Crippen molar-refractivity contribution in [2.75, 3.05) is 0 Å². The van der Waals surface area contributed by atoms with Crippen LogP contribution in [0, 0.1) is 0 Å². The van der Waals surface area contributed by atoms with E-state index in [9.17, 15) is 0 Å². The first-order valence-electron chi connectivity index (χ1n) is 4.37. The summed E-state index contributed by atoms with van der Waals surface area (Å²) in [7, 11) is 0. The normalized spacial score (nSPS) is 11.6. The Morgan fingerprint density at radius 3 is 2.60 bits per heavy atom. The van der Waals surface area contributed by atoms with Crippen LogP contribution in [-0.2, 0) is 0 Å². The van der Waals surface area contributed by atoms with Gasteiger partial charge < -0.3 is 15.5 Å². The minimum absolute atomic E-state index is 0.104. The Bertz CT molecular complexity index is 459. The molecule has 1 heterocycles. The Morgan fingerprint density at radius 1 is 1.33 bits per heavy atom. The van der Waals surface area contributed by atoms with Crippen LogP contribution >= 0.6 is 0 Å². The van der Waals surface area contributed by atoms with Gasteiger partial charge in [0.15, 0.2) is 5.84 Å². The zero-order chi connectivity index (χ0) is 10.7. The topological polar surface area (TPSA) is 76.4 Å². The van der Waals surface area contributed by atoms with Crippen LogP contribution in [-0.4, -0.2) is 20.6 Å². The largest absolute Gasteiger partial charge is 0.409 e. The summed E-state index contributed by atoms with van der Waals surface area (Å²) in [6.07, 6.45) is 5.26. The fourth-order valence-electron chi connectivity index (χ4n) is 1.27. The molecule has 0 aliphatic carbocycles. The molecule has 0 amide bonds. The quantitative estimate of drug-likeness (QED) is 0.329. The molecule has 0 bridgehead atoms. The molecule has 1 aromatic carbocycles. The van der Waals surface area contributed by atoms with Crippen LogP contribution in [0.3, 0.4) is 0 Å². The first-order chi connectivity index (χ1) is 7.31. The van der Waals surface area contributed by atoms with E-state index in [1.807, 2.05) is 22.9 Å². The summed E-state index contributed by atoms with van der Waals surface area (Å²) < 4.78 is 1.87. The summed E-state index contributed by atoms with van der Waals surface area (Å²) in [4.78, 5) is 3.95. The van der Waals surface area contributed by atoms with E-state index in [1.54, 1.807) is 24.7 Å². The van der Waals surface area contributed by atoms with Gasteiger partial charge in [0.1, 0.15) is 0 Å². The monoisotopic (exact) mass is 202 g/mol. The third-order valence-electron chi connectivity index (χ3n) is 2.07. The lowest BCUT2D eigenvalue weighted by molar-refractivity contribution is 0.318. The minimum atomic E-state index is 0.104. The lowest BCUT2D eigenvalue weighted by atomic mass is 10.2. The highest BCUT2D eigenvalue weighted by Gasteiger charge is 1.99. The Hall–Kier alpha value is -2.30. The van der Waals surface area contributed by atoms with Gasteiger partial charge in [-0.1, -0.05) is 5.16 Å². The van der Waals surface area contributed by atoms with E-state index in [1.165, 1.54) is 0 Å². The number of amidine groups is 1. The first kappa shape index (κ1) is 9.26. The molecule has 0 saturated heterocycles. The minimum Gasteiger partial charge on any atom is -0.409 e. The maximum absolute atomic E-state index is 8.49. The van der Waals surface area contributed by atoms with Gasteiger partial charge in [-0.05, 0) is 24.3 Å². The van der Waals surface area contributed by atoms with Crippen LogP contribution in [0.1, 0.15) is 5.56 Å². The van der Waals surface area contributed by atoms with Crippen LogP contribution in [0.4, 0.5) is 0 Å². The Morgan fingerprint density at radius 2 is 2.07 bits per heavy atom. The molecule has 3 N–H and O–H groups in total. The summed E-state index contributed by atoms with van der Waals surface area (Å²) >= 11 is 0. The maximum atomic E-state index is 8.49. The highest BCUT2D eigenvalue weighted by molar-refractivity contribution is 5.97. The van der Waals surface area contributed by atoms with Crippen molar-refractivity contribution < 1.29 is 5.21 Å². The fourth-order valence-corrected chi connectivity index (χ4v) is 1.27. The van der Waals surface area contributed by atoms with Crippen LogP contribution in [0.2, 0.25) is 0 Å².